The summed E-state index contributed by atoms with van der Waals surface area (Å²) in [5.74, 6) is 1.44. The largest absolute Gasteiger partial charge is 0.486 e. The molecule has 0 radical (unpaired) electrons. The van der Waals surface area contributed by atoms with Crippen LogP contribution in [0.15, 0.2) is 18.2 Å². The molecule has 1 atom stereocenters. The molecule has 28 heavy (non-hydrogen) atoms. The number of thiophene rings is 1. The van der Waals surface area contributed by atoms with Gasteiger partial charge in [-0.3, -0.25) is 10.1 Å². The first-order chi connectivity index (χ1) is 13.5. The van der Waals surface area contributed by atoms with Crippen LogP contribution in [0.3, 0.4) is 0 Å². The molecule has 0 spiro atoms. The van der Waals surface area contributed by atoms with Crippen LogP contribution in [0.4, 0.5) is 5.00 Å². The standard InChI is InChI=1S/C20H19N3O3S2/c1-11-2-4-13-14(10-21)19(28-17(13)8-11)23-20(27)22-18(24)12-3-5-15-16(9-12)26-7-6-25-15/h3,5,9,11H,2,4,6-8H2,1H3,(H2,22,23,24,27)/t11-/m0/s1. The Morgan fingerprint density at radius 3 is 2.89 bits per heavy atom. The smallest absolute Gasteiger partial charge is 0.257 e. The Kier molecular flexibility index (Phi) is 5.20. The fourth-order valence-corrected chi connectivity index (χ4v) is 5.08. The zero-order valence-electron chi connectivity index (χ0n) is 15.3. The minimum atomic E-state index is -0.345. The second-order valence-corrected chi connectivity index (χ2v) is 8.45. The number of hydrogen-bond acceptors (Lipinski definition) is 6. The van der Waals surface area contributed by atoms with Crippen LogP contribution < -0.4 is 20.1 Å². The van der Waals surface area contributed by atoms with Crippen molar-refractivity contribution in [1.29, 1.82) is 5.26 Å². The number of fused-ring (bicyclic) bond motifs is 2. The van der Waals surface area contributed by atoms with Crippen LogP contribution in [0.1, 0.15) is 39.7 Å². The molecule has 0 bridgehead atoms. The maximum Gasteiger partial charge on any atom is 0.257 e. The van der Waals surface area contributed by atoms with Gasteiger partial charge in [-0.25, -0.2) is 0 Å². The van der Waals surface area contributed by atoms with E-state index in [4.69, 9.17) is 21.7 Å². The minimum absolute atomic E-state index is 0.169. The zero-order chi connectivity index (χ0) is 19.7. The molecule has 0 saturated carbocycles. The molecule has 6 nitrogen and oxygen atoms in total. The molecular weight excluding hydrogens is 394 g/mol. The van der Waals surface area contributed by atoms with Gasteiger partial charge in [-0.15, -0.1) is 11.3 Å². The van der Waals surface area contributed by atoms with Gasteiger partial charge in [0.15, 0.2) is 16.6 Å². The third-order valence-electron chi connectivity index (χ3n) is 4.88. The Bertz CT molecular complexity index is 993. The maximum absolute atomic E-state index is 12.5. The molecule has 1 aromatic carbocycles. The average Bonchev–Trinajstić information content (AvgIpc) is 3.03. The molecule has 0 saturated heterocycles. The van der Waals surface area contributed by atoms with E-state index in [1.807, 2.05) is 0 Å². The summed E-state index contributed by atoms with van der Waals surface area (Å²) in [5, 5.41) is 16.2. The Hall–Kier alpha value is -2.63. The summed E-state index contributed by atoms with van der Waals surface area (Å²) >= 11 is 6.85. The van der Waals surface area contributed by atoms with Gasteiger partial charge >= 0.3 is 0 Å². The van der Waals surface area contributed by atoms with Crippen molar-refractivity contribution in [3.05, 3.63) is 39.8 Å². The van der Waals surface area contributed by atoms with Crippen LogP contribution in [0.25, 0.3) is 0 Å². The lowest BCUT2D eigenvalue weighted by Crippen LogP contribution is -2.34. The number of benzene rings is 1. The first-order valence-electron chi connectivity index (χ1n) is 9.11. The first kappa shape index (κ1) is 18.7. The fraction of sp³-hybridized carbons (Fsp3) is 0.350. The number of nitrogens with zero attached hydrogens (tertiary/aromatic N) is 1. The lowest BCUT2D eigenvalue weighted by molar-refractivity contribution is 0.0976. The summed E-state index contributed by atoms with van der Waals surface area (Å²) in [7, 11) is 0. The van der Waals surface area contributed by atoms with Crippen LogP contribution in [-0.4, -0.2) is 24.2 Å². The molecule has 8 heteroatoms. The van der Waals surface area contributed by atoms with E-state index in [0.717, 1.165) is 24.8 Å². The van der Waals surface area contributed by atoms with Gasteiger partial charge in [0.05, 0.1) is 5.56 Å². The number of rotatable bonds is 2. The predicted molar refractivity (Wildman–Crippen MR) is 111 cm³/mol. The second-order valence-electron chi connectivity index (χ2n) is 6.93. The Morgan fingerprint density at radius 2 is 2.11 bits per heavy atom. The van der Waals surface area contributed by atoms with Crippen molar-refractivity contribution in [2.24, 2.45) is 5.92 Å². The third-order valence-corrected chi connectivity index (χ3v) is 6.26. The van der Waals surface area contributed by atoms with Crippen molar-refractivity contribution in [2.75, 3.05) is 18.5 Å². The van der Waals surface area contributed by atoms with Crippen LogP contribution >= 0.6 is 23.6 Å². The lowest BCUT2D eigenvalue weighted by atomic mass is 9.89. The van der Waals surface area contributed by atoms with Gasteiger partial charge < -0.3 is 14.8 Å². The Labute approximate surface area is 172 Å². The van der Waals surface area contributed by atoms with Crippen LogP contribution in [-0.2, 0) is 12.8 Å². The molecule has 1 amide bonds. The van der Waals surface area contributed by atoms with E-state index >= 15 is 0 Å². The van der Waals surface area contributed by atoms with E-state index in [-0.39, 0.29) is 11.0 Å². The highest BCUT2D eigenvalue weighted by Gasteiger charge is 2.24. The number of hydrogen-bond donors (Lipinski definition) is 2. The predicted octanol–water partition coefficient (Wildman–Crippen LogP) is 3.64. The molecule has 0 unspecified atom stereocenters. The molecule has 1 aliphatic carbocycles. The van der Waals surface area contributed by atoms with E-state index < -0.39 is 0 Å². The van der Waals surface area contributed by atoms with Crippen molar-refractivity contribution in [2.45, 2.75) is 26.2 Å². The van der Waals surface area contributed by atoms with Gasteiger partial charge in [0, 0.05) is 10.4 Å². The number of nitrogens with one attached hydrogen (secondary N) is 2. The molecule has 2 heterocycles. The monoisotopic (exact) mass is 413 g/mol. The lowest BCUT2D eigenvalue weighted by Gasteiger charge is -2.18. The highest BCUT2D eigenvalue weighted by molar-refractivity contribution is 7.80. The van der Waals surface area contributed by atoms with Gasteiger partial charge in [-0.05, 0) is 61.2 Å². The Balaban J connectivity index is 1.46. The number of nitriles is 1. The van der Waals surface area contributed by atoms with Crippen molar-refractivity contribution in [1.82, 2.24) is 5.32 Å². The van der Waals surface area contributed by atoms with Gasteiger partial charge in [-0.1, -0.05) is 6.92 Å². The molecule has 0 fully saturated rings. The third kappa shape index (κ3) is 3.68. The number of carbonyl (C=O) groups excluding carboxylic acids is 1. The van der Waals surface area contributed by atoms with Gasteiger partial charge in [0.25, 0.3) is 5.91 Å². The van der Waals surface area contributed by atoms with Crippen molar-refractivity contribution in [3.8, 4) is 17.6 Å². The summed E-state index contributed by atoms with van der Waals surface area (Å²) < 4.78 is 11.0. The number of ether oxygens (including phenoxy) is 2. The van der Waals surface area contributed by atoms with Crippen LogP contribution in [0, 0.1) is 17.2 Å². The fourth-order valence-electron chi connectivity index (χ4n) is 3.45. The maximum atomic E-state index is 12.5. The number of anilines is 1. The van der Waals surface area contributed by atoms with Crippen LogP contribution in [0.2, 0.25) is 0 Å². The van der Waals surface area contributed by atoms with Gasteiger partial charge in [0.2, 0.25) is 0 Å². The Morgan fingerprint density at radius 1 is 1.32 bits per heavy atom. The molecule has 1 aromatic heterocycles. The summed E-state index contributed by atoms with van der Waals surface area (Å²) in [6.45, 7) is 3.17. The molecule has 2 aliphatic rings. The highest BCUT2D eigenvalue weighted by Crippen LogP contribution is 2.39. The SMILES string of the molecule is C[C@H]1CCc2c(sc(NC(=S)NC(=O)c3ccc4c(c3)OCCO4)c2C#N)C1. The van der Waals surface area contributed by atoms with E-state index in [2.05, 4.69) is 23.6 Å². The highest BCUT2D eigenvalue weighted by atomic mass is 32.1. The quantitative estimate of drug-likeness (QED) is 0.732. The second kappa shape index (κ2) is 7.78. The summed E-state index contributed by atoms with van der Waals surface area (Å²) in [4.78, 5) is 13.8. The zero-order valence-corrected chi connectivity index (χ0v) is 17.0. The normalized spacial score (nSPS) is 17.2. The van der Waals surface area contributed by atoms with E-state index in [0.29, 0.717) is 46.8 Å². The molecule has 2 aromatic rings. The van der Waals surface area contributed by atoms with E-state index in [1.54, 1.807) is 29.5 Å². The summed E-state index contributed by atoms with van der Waals surface area (Å²) in [5.41, 5.74) is 2.19. The van der Waals surface area contributed by atoms with E-state index in [1.165, 1.54) is 4.88 Å². The van der Waals surface area contributed by atoms with Crippen LogP contribution in [0.5, 0.6) is 11.5 Å². The van der Waals surface area contributed by atoms with Gasteiger partial charge in [0.1, 0.15) is 24.3 Å². The van der Waals surface area contributed by atoms with Crippen molar-refractivity contribution in [3.63, 3.8) is 0 Å². The van der Waals surface area contributed by atoms with E-state index in [9.17, 15) is 10.1 Å². The minimum Gasteiger partial charge on any atom is -0.486 e. The van der Waals surface area contributed by atoms with Crippen molar-refractivity contribution >= 4 is 39.6 Å². The molecule has 4 rings (SSSR count). The number of carbonyl (C=O) groups is 1. The van der Waals surface area contributed by atoms with Crippen molar-refractivity contribution < 1.29 is 14.3 Å². The van der Waals surface area contributed by atoms with Gasteiger partial charge in [-0.2, -0.15) is 5.26 Å². The number of amides is 1. The molecule has 1 aliphatic heterocycles. The number of thiocarbonyl (C=S) groups is 1. The molecule has 2 N–H and O–H groups in total. The topological polar surface area (TPSA) is 83.4 Å². The molecule has 144 valence electrons. The molecular formula is C20H19N3O3S2. The summed E-state index contributed by atoms with van der Waals surface area (Å²) in [6, 6.07) is 7.30. The first-order valence-corrected chi connectivity index (χ1v) is 10.3. The summed E-state index contributed by atoms with van der Waals surface area (Å²) in [6.07, 6.45) is 2.98. The average molecular weight is 414 g/mol.